The quantitative estimate of drug-likeness (QED) is 0.506. The molecule has 0 saturated carbocycles. The summed E-state index contributed by atoms with van der Waals surface area (Å²) < 4.78 is 33.6. The van der Waals surface area contributed by atoms with Gasteiger partial charge in [-0.3, -0.25) is 4.79 Å². The zero-order valence-electron chi connectivity index (χ0n) is 19.0. The van der Waals surface area contributed by atoms with Gasteiger partial charge in [0.15, 0.2) is 10.7 Å². The molecule has 1 N–H and O–H groups in total. The number of amides is 1. The summed E-state index contributed by atoms with van der Waals surface area (Å²) in [6.07, 6.45) is 4.24. The average Bonchev–Trinajstić information content (AvgIpc) is 3.21. The van der Waals surface area contributed by atoms with Crippen LogP contribution in [0.25, 0.3) is 12.2 Å². The molecule has 2 aromatic carbocycles. The number of aromatic nitrogens is 1. The van der Waals surface area contributed by atoms with Crippen molar-refractivity contribution < 1.29 is 17.7 Å². The summed E-state index contributed by atoms with van der Waals surface area (Å²) >= 11 is 6.13. The molecule has 9 heteroatoms. The van der Waals surface area contributed by atoms with Gasteiger partial charge < -0.3 is 9.84 Å². The summed E-state index contributed by atoms with van der Waals surface area (Å²) in [4.78, 5) is 12.7. The molecule has 0 bridgehead atoms. The molecule has 0 atom stereocenters. The van der Waals surface area contributed by atoms with E-state index >= 15 is 0 Å². The van der Waals surface area contributed by atoms with E-state index in [0.717, 1.165) is 11.1 Å². The number of benzene rings is 2. The Morgan fingerprint density at radius 1 is 1.09 bits per heavy atom. The maximum atomic E-state index is 13.4. The zero-order valence-corrected chi connectivity index (χ0v) is 20.6. The number of piperidine rings is 1. The number of sulfonamides is 1. The van der Waals surface area contributed by atoms with Crippen LogP contribution in [0.3, 0.4) is 0 Å². The number of para-hydroxylation sites is 1. The standard InChI is InChI=1S/C25H26ClN3O4S/c1-17-7-9-19(10-8-17)11-12-23-24(18(2)28-33-23)34(31,32)29-15-13-20(14-16-29)25(30)27-22-6-4-3-5-21(22)26/h3-12,20H,13-16H2,1-2H3,(H,27,30)/b12-11+. The van der Waals surface area contributed by atoms with Gasteiger partial charge in [0.1, 0.15) is 5.69 Å². The molecule has 2 heterocycles. The number of hydrogen-bond donors (Lipinski definition) is 1. The van der Waals surface area contributed by atoms with Crippen LogP contribution in [0.15, 0.2) is 57.9 Å². The highest BCUT2D eigenvalue weighted by Crippen LogP contribution is 2.30. The third-order valence-electron chi connectivity index (χ3n) is 5.89. The minimum absolute atomic E-state index is 0.0647. The number of rotatable bonds is 6. The van der Waals surface area contributed by atoms with Crippen LogP contribution in [0.4, 0.5) is 5.69 Å². The van der Waals surface area contributed by atoms with Crippen molar-refractivity contribution in [1.82, 2.24) is 9.46 Å². The lowest BCUT2D eigenvalue weighted by Crippen LogP contribution is -2.41. The SMILES string of the molecule is Cc1ccc(/C=C/c2onc(C)c2S(=O)(=O)N2CCC(C(=O)Nc3ccccc3Cl)CC2)cc1. The summed E-state index contributed by atoms with van der Waals surface area (Å²) in [7, 11) is -3.83. The number of anilines is 1. The molecule has 1 amide bonds. The minimum Gasteiger partial charge on any atom is -0.355 e. The Morgan fingerprint density at radius 2 is 1.76 bits per heavy atom. The van der Waals surface area contributed by atoms with E-state index in [-0.39, 0.29) is 35.6 Å². The number of carbonyl (C=O) groups is 1. The number of nitrogens with one attached hydrogen (secondary N) is 1. The van der Waals surface area contributed by atoms with Gasteiger partial charge in [0.25, 0.3) is 0 Å². The van der Waals surface area contributed by atoms with Crippen molar-refractivity contribution >= 4 is 45.4 Å². The summed E-state index contributed by atoms with van der Waals surface area (Å²) in [6, 6.07) is 14.9. The normalized spacial score (nSPS) is 15.6. The second-order valence-electron chi connectivity index (χ2n) is 8.35. The topological polar surface area (TPSA) is 92.5 Å². The van der Waals surface area contributed by atoms with E-state index < -0.39 is 10.0 Å². The third-order valence-corrected chi connectivity index (χ3v) is 8.28. The number of nitrogens with zero attached hydrogens (tertiary/aromatic N) is 2. The average molecular weight is 500 g/mol. The van der Waals surface area contributed by atoms with E-state index in [0.29, 0.717) is 29.2 Å². The molecule has 1 aromatic heterocycles. The highest BCUT2D eigenvalue weighted by molar-refractivity contribution is 7.89. The molecule has 0 radical (unpaired) electrons. The van der Waals surface area contributed by atoms with Crippen LogP contribution in [0, 0.1) is 19.8 Å². The molecule has 4 rings (SSSR count). The van der Waals surface area contributed by atoms with Crippen molar-refractivity contribution in [3.8, 4) is 0 Å². The zero-order chi connectivity index (χ0) is 24.3. The summed E-state index contributed by atoms with van der Waals surface area (Å²) in [6.45, 7) is 4.08. The summed E-state index contributed by atoms with van der Waals surface area (Å²) in [5.74, 6) is -0.267. The molecule has 178 valence electrons. The molecular formula is C25H26ClN3O4S. The Labute approximate surface area is 204 Å². The van der Waals surface area contributed by atoms with Gasteiger partial charge in [0.05, 0.1) is 10.7 Å². The second kappa shape index (κ2) is 10.1. The summed E-state index contributed by atoms with van der Waals surface area (Å²) in [5, 5.41) is 7.20. The molecule has 1 aliphatic heterocycles. The van der Waals surface area contributed by atoms with Crippen molar-refractivity contribution in [2.24, 2.45) is 5.92 Å². The van der Waals surface area contributed by atoms with Crippen LogP contribution < -0.4 is 5.32 Å². The van der Waals surface area contributed by atoms with Crippen molar-refractivity contribution in [3.63, 3.8) is 0 Å². The van der Waals surface area contributed by atoms with Gasteiger partial charge in [-0.25, -0.2) is 8.42 Å². The van der Waals surface area contributed by atoms with E-state index in [1.54, 1.807) is 43.3 Å². The predicted octanol–water partition coefficient (Wildman–Crippen LogP) is 5.15. The van der Waals surface area contributed by atoms with Crippen LogP contribution in [-0.2, 0) is 14.8 Å². The lowest BCUT2D eigenvalue weighted by atomic mass is 9.97. The first-order valence-corrected chi connectivity index (χ1v) is 12.8. The minimum atomic E-state index is -3.83. The Bertz CT molecular complexity index is 1310. The van der Waals surface area contributed by atoms with Crippen molar-refractivity contribution in [3.05, 3.63) is 76.1 Å². The molecule has 7 nitrogen and oxygen atoms in total. The third kappa shape index (κ3) is 5.24. The van der Waals surface area contributed by atoms with Gasteiger partial charge in [-0.1, -0.05) is 64.8 Å². The summed E-state index contributed by atoms with van der Waals surface area (Å²) in [5.41, 5.74) is 2.92. The fourth-order valence-electron chi connectivity index (χ4n) is 3.93. The number of carbonyl (C=O) groups excluding carboxylic acids is 1. The van der Waals surface area contributed by atoms with E-state index in [2.05, 4.69) is 10.5 Å². The highest BCUT2D eigenvalue weighted by atomic mass is 35.5. The molecule has 0 aliphatic carbocycles. The molecule has 1 fully saturated rings. The van der Waals surface area contributed by atoms with Gasteiger partial charge in [0, 0.05) is 19.0 Å². The van der Waals surface area contributed by atoms with Crippen molar-refractivity contribution in [1.29, 1.82) is 0 Å². The van der Waals surface area contributed by atoms with Gasteiger partial charge in [0.2, 0.25) is 15.9 Å². The first-order chi connectivity index (χ1) is 16.3. The van der Waals surface area contributed by atoms with Gasteiger partial charge >= 0.3 is 0 Å². The fourth-order valence-corrected chi connectivity index (χ4v) is 5.84. The van der Waals surface area contributed by atoms with Crippen LogP contribution in [-0.4, -0.2) is 36.9 Å². The maximum absolute atomic E-state index is 13.4. The van der Waals surface area contributed by atoms with E-state index in [1.165, 1.54) is 4.31 Å². The maximum Gasteiger partial charge on any atom is 0.248 e. The lowest BCUT2D eigenvalue weighted by Gasteiger charge is -2.30. The van der Waals surface area contributed by atoms with Crippen LogP contribution in [0.5, 0.6) is 0 Å². The largest absolute Gasteiger partial charge is 0.355 e. The van der Waals surface area contributed by atoms with Crippen LogP contribution in [0.2, 0.25) is 5.02 Å². The van der Waals surface area contributed by atoms with E-state index in [4.69, 9.17) is 16.1 Å². The highest BCUT2D eigenvalue weighted by Gasteiger charge is 2.36. The van der Waals surface area contributed by atoms with Gasteiger partial charge in [-0.2, -0.15) is 4.31 Å². The number of aryl methyl sites for hydroxylation is 2. The smallest absolute Gasteiger partial charge is 0.248 e. The molecule has 0 spiro atoms. The van der Waals surface area contributed by atoms with Crippen molar-refractivity contribution in [2.45, 2.75) is 31.6 Å². The second-order valence-corrected chi connectivity index (χ2v) is 10.6. The fraction of sp³-hybridized carbons (Fsp3) is 0.280. The number of halogens is 1. The van der Waals surface area contributed by atoms with Crippen LogP contribution in [0.1, 0.15) is 35.4 Å². The molecule has 1 aliphatic rings. The lowest BCUT2D eigenvalue weighted by molar-refractivity contribution is -0.120. The monoisotopic (exact) mass is 499 g/mol. The Hall–Kier alpha value is -2.94. The first kappa shape index (κ1) is 24.2. The van der Waals surface area contributed by atoms with E-state index in [9.17, 15) is 13.2 Å². The van der Waals surface area contributed by atoms with Crippen LogP contribution >= 0.6 is 11.6 Å². The molecule has 34 heavy (non-hydrogen) atoms. The van der Waals surface area contributed by atoms with Crippen molar-refractivity contribution in [2.75, 3.05) is 18.4 Å². The predicted molar refractivity (Wildman–Crippen MR) is 133 cm³/mol. The Kier molecular flexibility index (Phi) is 7.21. The van der Waals surface area contributed by atoms with Gasteiger partial charge in [-0.05, 0) is 50.5 Å². The molecular weight excluding hydrogens is 474 g/mol. The van der Waals surface area contributed by atoms with E-state index in [1.807, 2.05) is 31.2 Å². The number of hydrogen-bond acceptors (Lipinski definition) is 5. The molecule has 1 saturated heterocycles. The molecule has 0 unspecified atom stereocenters. The van der Waals surface area contributed by atoms with Gasteiger partial charge in [-0.15, -0.1) is 0 Å². The Morgan fingerprint density at radius 3 is 2.44 bits per heavy atom. The Balaban J connectivity index is 1.45. The first-order valence-electron chi connectivity index (χ1n) is 11.0. The molecule has 3 aromatic rings.